The molecule has 1 aliphatic heterocycles. The van der Waals surface area contributed by atoms with Gasteiger partial charge in [0.05, 0.1) is 34.2 Å². The van der Waals surface area contributed by atoms with Crippen LogP contribution in [0.2, 0.25) is 0 Å². The second kappa shape index (κ2) is 14.9. The fraction of sp³-hybridized carbons (Fsp3) is 0.467. The Labute approximate surface area is 239 Å². The third kappa shape index (κ3) is 11.4. The van der Waals surface area contributed by atoms with Gasteiger partial charge in [-0.15, -0.1) is 0 Å². The molecule has 2 rings (SSSR count). The van der Waals surface area contributed by atoms with E-state index in [1.165, 1.54) is 34.1 Å². The van der Waals surface area contributed by atoms with Gasteiger partial charge >= 0.3 is 6.09 Å². The number of nitrogens with zero attached hydrogens (tertiary/aromatic N) is 2. The molecule has 0 aromatic heterocycles. The lowest BCUT2D eigenvalue weighted by Gasteiger charge is -2.28. The summed E-state index contributed by atoms with van der Waals surface area (Å²) in [5.41, 5.74) is -0.0990. The van der Waals surface area contributed by atoms with Gasteiger partial charge in [0.1, 0.15) is 18.0 Å². The third-order valence-electron chi connectivity index (χ3n) is 4.96. The Bertz CT molecular complexity index is 1230. The van der Waals surface area contributed by atoms with Crippen molar-refractivity contribution in [3.8, 4) is 5.75 Å². The number of anilines is 1. The van der Waals surface area contributed by atoms with Crippen LogP contribution in [0.15, 0.2) is 58.9 Å². The third-order valence-corrected chi connectivity index (χ3v) is 6.79. The van der Waals surface area contributed by atoms with Crippen LogP contribution in [0.5, 0.6) is 5.75 Å². The molecule has 40 heavy (non-hydrogen) atoms. The average molecular weight is 577 g/mol. The van der Waals surface area contributed by atoms with Crippen molar-refractivity contribution in [2.24, 2.45) is 0 Å². The van der Waals surface area contributed by atoms with E-state index in [0.29, 0.717) is 29.8 Å². The quantitative estimate of drug-likeness (QED) is 0.290. The number of hydrogen-bond acceptors (Lipinski definition) is 7. The van der Waals surface area contributed by atoms with Crippen molar-refractivity contribution >= 4 is 34.1 Å². The summed E-state index contributed by atoms with van der Waals surface area (Å²) in [4.78, 5) is 26.9. The first kappa shape index (κ1) is 34.7. The number of aliphatic hydroxyl groups is 1. The molecule has 2 amide bonds. The summed E-state index contributed by atoms with van der Waals surface area (Å²) in [6.07, 6.45) is 8.45. The Morgan fingerprint density at radius 3 is 2.35 bits per heavy atom. The summed E-state index contributed by atoms with van der Waals surface area (Å²) >= 11 is 0. The zero-order chi connectivity index (χ0) is 30.7. The van der Waals surface area contributed by atoms with Gasteiger partial charge in [0.25, 0.3) is 0 Å². The van der Waals surface area contributed by atoms with Crippen LogP contribution in [0.25, 0.3) is 6.08 Å². The van der Waals surface area contributed by atoms with E-state index >= 15 is 0 Å². The van der Waals surface area contributed by atoms with Crippen LogP contribution in [-0.4, -0.2) is 68.9 Å². The molecular formula is C30H44N2O7S. The highest BCUT2D eigenvalue weighted by molar-refractivity contribution is 7.99. The Hall–Kier alpha value is -3.37. The summed E-state index contributed by atoms with van der Waals surface area (Å²) < 4.78 is 38.0. The molecule has 0 spiro atoms. The SMILES string of the molecule is C=C/C=C(\C=C/CC)S(=O)(=O)C1=Cc2c(OCCN(C)C(=O)OC(C)(C)C)cccc2N(C=O)C1.CC(C)(C)O. The molecule has 0 saturated heterocycles. The number of likely N-dealkylation sites (N-methyl/N-ethyl adjacent to an activating group) is 1. The highest BCUT2D eigenvalue weighted by atomic mass is 32.2. The summed E-state index contributed by atoms with van der Waals surface area (Å²) in [7, 11) is -2.28. The van der Waals surface area contributed by atoms with Gasteiger partial charge < -0.3 is 24.4 Å². The van der Waals surface area contributed by atoms with Gasteiger partial charge in [-0.3, -0.25) is 4.79 Å². The van der Waals surface area contributed by atoms with Crippen LogP contribution < -0.4 is 9.64 Å². The number of carbonyl (C=O) groups is 2. The zero-order valence-corrected chi connectivity index (χ0v) is 25.7. The number of benzene rings is 1. The van der Waals surface area contributed by atoms with Gasteiger partial charge in [-0.2, -0.15) is 0 Å². The lowest BCUT2D eigenvalue weighted by Crippen LogP contribution is -2.36. The monoisotopic (exact) mass is 576 g/mol. The van der Waals surface area contributed by atoms with E-state index in [2.05, 4.69) is 6.58 Å². The van der Waals surface area contributed by atoms with Crippen LogP contribution in [-0.2, 0) is 19.4 Å². The molecule has 0 unspecified atom stereocenters. The van der Waals surface area contributed by atoms with Crippen molar-refractivity contribution in [1.82, 2.24) is 4.90 Å². The largest absolute Gasteiger partial charge is 0.491 e. The van der Waals surface area contributed by atoms with Crippen LogP contribution in [0, 0.1) is 0 Å². The van der Waals surface area contributed by atoms with Gasteiger partial charge in [0.15, 0.2) is 0 Å². The fourth-order valence-electron chi connectivity index (χ4n) is 3.23. The fourth-order valence-corrected chi connectivity index (χ4v) is 4.67. The number of rotatable bonds is 10. The minimum absolute atomic E-state index is 0.0628. The van der Waals surface area contributed by atoms with Gasteiger partial charge in [0, 0.05) is 12.6 Å². The van der Waals surface area contributed by atoms with E-state index in [4.69, 9.17) is 14.6 Å². The van der Waals surface area contributed by atoms with Gasteiger partial charge in [-0.1, -0.05) is 31.7 Å². The molecule has 10 heteroatoms. The first-order chi connectivity index (χ1) is 18.4. The van der Waals surface area contributed by atoms with Crippen molar-refractivity contribution in [2.75, 3.05) is 31.6 Å². The van der Waals surface area contributed by atoms with Crippen LogP contribution in [0.1, 0.15) is 60.5 Å². The Balaban J connectivity index is 0.00000146. The molecular weight excluding hydrogens is 532 g/mol. The van der Waals surface area contributed by atoms with Crippen molar-refractivity contribution < 1.29 is 32.6 Å². The molecule has 222 valence electrons. The topological polar surface area (TPSA) is 113 Å². The lowest BCUT2D eigenvalue weighted by molar-refractivity contribution is -0.107. The Morgan fingerprint density at radius 1 is 1.20 bits per heavy atom. The van der Waals surface area contributed by atoms with Gasteiger partial charge in [-0.25, -0.2) is 13.2 Å². The number of ether oxygens (including phenoxy) is 2. The number of amides is 2. The van der Waals surface area contributed by atoms with Crippen LogP contribution >= 0.6 is 0 Å². The predicted molar refractivity (Wildman–Crippen MR) is 161 cm³/mol. The molecule has 1 N–H and O–H groups in total. The first-order valence-corrected chi connectivity index (χ1v) is 14.5. The summed E-state index contributed by atoms with van der Waals surface area (Å²) in [5.74, 6) is 0.401. The van der Waals surface area contributed by atoms with E-state index in [1.54, 1.807) is 72.9 Å². The zero-order valence-electron chi connectivity index (χ0n) is 24.9. The second-order valence-corrected chi connectivity index (χ2v) is 13.1. The first-order valence-electron chi connectivity index (χ1n) is 13.0. The second-order valence-electron chi connectivity index (χ2n) is 11.1. The Kier molecular flexibility index (Phi) is 12.9. The number of hydrogen-bond donors (Lipinski definition) is 1. The molecule has 0 radical (unpaired) electrons. The molecule has 0 bridgehead atoms. The Morgan fingerprint density at radius 2 is 1.82 bits per heavy atom. The number of allylic oxidation sites excluding steroid dienone is 4. The lowest BCUT2D eigenvalue weighted by atomic mass is 10.1. The van der Waals surface area contributed by atoms with Crippen molar-refractivity contribution in [3.63, 3.8) is 0 Å². The van der Waals surface area contributed by atoms with Crippen LogP contribution in [0.3, 0.4) is 0 Å². The number of sulfone groups is 1. The molecule has 9 nitrogen and oxygen atoms in total. The highest BCUT2D eigenvalue weighted by Crippen LogP contribution is 2.37. The van der Waals surface area contributed by atoms with Gasteiger partial charge in [-0.05, 0) is 78.3 Å². The summed E-state index contributed by atoms with van der Waals surface area (Å²) in [6.45, 7) is 16.4. The highest BCUT2D eigenvalue weighted by Gasteiger charge is 2.29. The number of carbonyl (C=O) groups excluding carboxylic acids is 2. The molecule has 0 aliphatic carbocycles. The van der Waals surface area contributed by atoms with E-state index in [9.17, 15) is 18.0 Å². The maximum absolute atomic E-state index is 13.4. The molecule has 1 aliphatic rings. The molecule has 0 saturated carbocycles. The van der Waals surface area contributed by atoms with Crippen molar-refractivity contribution in [1.29, 1.82) is 0 Å². The minimum atomic E-state index is -3.88. The van der Waals surface area contributed by atoms with E-state index in [0.717, 1.165) is 0 Å². The van der Waals surface area contributed by atoms with Crippen molar-refractivity contribution in [2.45, 2.75) is 66.1 Å². The smallest absolute Gasteiger partial charge is 0.410 e. The van der Waals surface area contributed by atoms with E-state index < -0.39 is 27.1 Å². The molecule has 1 heterocycles. The predicted octanol–water partition coefficient (Wildman–Crippen LogP) is 5.48. The standard InChI is InChI=1S/C26H34N2O6S.C4H10O/c1-7-9-12-20(11-8-2)35(31,32)21-17-22-23(28(18-21)19-29)13-10-14-24(22)33-16-15-27(6)25(30)34-26(3,4)5;1-4(2,3)5/h8-14,17,19H,2,7,15-16,18H2,1,3-6H3;5H,1-3H3/b12-9-,20-11+;. The summed E-state index contributed by atoms with van der Waals surface area (Å²) in [5, 5.41) is 8.52. The maximum atomic E-state index is 13.4. The van der Waals surface area contributed by atoms with E-state index in [-0.39, 0.29) is 29.5 Å². The van der Waals surface area contributed by atoms with Gasteiger partial charge in [0.2, 0.25) is 16.2 Å². The molecule has 1 aromatic rings. The number of fused-ring (bicyclic) bond motifs is 1. The molecule has 0 atom stereocenters. The van der Waals surface area contributed by atoms with Crippen molar-refractivity contribution in [3.05, 3.63) is 64.5 Å². The normalized spacial score (nSPS) is 14.0. The minimum Gasteiger partial charge on any atom is -0.491 e. The molecule has 1 aromatic carbocycles. The molecule has 0 fully saturated rings. The van der Waals surface area contributed by atoms with E-state index in [1.807, 2.05) is 6.92 Å². The average Bonchev–Trinajstić information content (AvgIpc) is 2.83. The summed E-state index contributed by atoms with van der Waals surface area (Å²) in [6, 6.07) is 5.14. The van der Waals surface area contributed by atoms with Crippen LogP contribution in [0.4, 0.5) is 10.5 Å². The maximum Gasteiger partial charge on any atom is 0.410 e.